The molecule has 0 fully saturated rings. The van der Waals surface area contributed by atoms with Crippen LogP contribution in [-0.2, 0) is 16.1 Å². The smallest absolute Gasteiger partial charge is 0.326 e. The van der Waals surface area contributed by atoms with E-state index >= 15 is 0 Å². The summed E-state index contributed by atoms with van der Waals surface area (Å²) in [6, 6.07) is 0. The second kappa shape index (κ2) is 3.70. The number of nitrogens with two attached hydrogens (primary N) is 1. The number of carbonyl (C=O) groups is 1. The number of esters is 1. The van der Waals surface area contributed by atoms with E-state index < -0.39 is 0 Å². The van der Waals surface area contributed by atoms with Gasteiger partial charge in [-0.15, -0.1) is 10.2 Å². The summed E-state index contributed by atoms with van der Waals surface area (Å²) in [6.45, 7) is 2.17. The van der Waals surface area contributed by atoms with Crippen molar-refractivity contribution in [2.45, 2.75) is 13.5 Å². The first-order valence-electron chi connectivity index (χ1n) is 3.53. The first kappa shape index (κ1) is 8.51. The Morgan fingerprint density at radius 3 is 3.08 bits per heavy atom. The maximum atomic E-state index is 10.9. The van der Waals surface area contributed by atoms with Gasteiger partial charge >= 0.3 is 5.97 Å². The van der Waals surface area contributed by atoms with Crippen molar-refractivity contribution >= 4 is 11.9 Å². The largest absolute Gasteiger partial charge is 0.465 e. The molecule has 1 rings (SSSR count). The Bertz CT molecular complexity index is 270. The summed E-state index contributed by atoms with van der Waals surface area (Å²) in [6.07, 6.45) is 1.38. The lowest BCUT2D eigenvalue weighted by atomic mass is 10.6. The van der Waals surface area contributed by atoms with E-state index in [2.05, 4.69) is 10.2 Å². The number of anilines is 1. The van der Waals surface area contributed by atoms with E-state index in [1.54, 1.807) is 6.92 Å². The van der Waals surface area contributed by atoms with Gasteiger partial charge in [0.2, 0.25) is 5.95 Å². The quantitative estimate of drug-likeness (QED) is 0.614. The van der Waals surface area contributed by atoms with Gasteiger partial charge in [0.05, 0.1) is 6.61 Å². The van der Waals surface area contributed by atoms with E-state index in [1.165, 1.54) is 10.9 Å². The van der Waals surface area contributed by atoms with Crippen molar-refractivity contribution in [2.24, 2.45) is 0 Å². The van der Waals surface area contributed by atoms with Crippen LogP contribution in [0.2, 0.25) is 0 Å². The average molecular weight is 170 g/mol. The Labute approximate surface area is 69.3 Å². The summed E-state index contributed by atoms with van der Waals surface area (Å²) in [5.74, 6) is -0.132. The van der Waals surface area contributed by atoms with Crippen molar-refractivity contribution in [2.75, 3.05) is 12.3 Å². The molecule has 0 atom stereocenters. The summed E-state index contributed by atoms with van der Waals surface area (Å²) in [5, 5.41) is 7.03. The van der Waals surface area contributed by atoms with Gasteiger partial charge < -0.3 is 10.5 Å². The maximum Gasteiger partial charge on any atom is 0.326 e. The lowest BCUT2D eigenvalue weighted by Crippen LogP contribution is -2.14. The Hall–Kier alpha value is -1.59. The number of hydrogen-bond donors (Lipinski definition) is 1. The average Bonchev–Trinajstić information content (AvgIpc) is 2.37. The summed E-state index contributed by atoms with van der Waals surface area (Å²) in [7, 11) is 0. The Morgan fingerprint density at radius 1 is 1.83 bits per heavy atom. The second-order valence-electron chi connectivity index (χ2n) is 2.12. The van der Waals surface area contributed by atoms with Gasteiger partial charge in [0, 0.05) is 0 Å². The molecule has 66 valence electrons. The van der Waals surface area contributed by atoms with E-state index in [9.17, 15) is 4.79 Å². The van der Waals surface area contributed by atoms with Crippen molar-refractivity contribution < 1.29 is 9.53 Å². The fourth-order valence-corrected chi connectivity index (χ4v) is 0.731. The predicted octanol–water partition coefficient (Wildman–Crippen LogP) is -0.577. The third kappa shape index (κ3) is 1.94. The zero-order chi connectivity index (χ0) is 8.97. The molecule has 0 saturated carbocycles. The van der Waals surface area contributed by atoms with Crippen molar-refractivity contribution in [3.8, 4) is 0 Å². The standard InChI is InChI=1S/C6H10N4O2/c1-2-12-5(11)3-10-4-8-9-6(10)7/h4H,2-3H2,1H3,(H2,7,9). The number of ether oxygens (including phenoxy) is 1. The lowest BCUT2D eigenvalue weighted by molar-refractivity contribution is -0.143. The Morgan fingerprint density at radius 2 is 2.58 bits per heavy atom. The van der Waals surface area contributed by atoms with E-state index in [1.807, 2.05) is 0 Å². The highest BCUT2D eigenvalue weighted by atomic mass is 16.5. The molecule has 0 aliphatic rings. The van der Waals surface area contributed by atoms with Crippen LogP contribution < -0.4 is 5.73 Å². The van der Waals surface area contributed by atoms with Crippen molar-refractivity contribution in [1.29, 1.82) is 0 Å². The summed E-state index contributed by atoms with van der Waals surface area (Å²) < 4.78 is 6.11. The van der Waals surface area contributed by atoms with Crippen molar-refractivity contribution in [1.82, 2.24) is 14.8 Å². The Kier molecular flexibility index (Phi) is 2.62. The molecule has 0 amide bonds. The van der Waals surface area contributed by atoms with Gasteiger partial charge in [0.25, 0.3) is 0 Å². The molecule has 1 aromatic heterocycles. The van der Waals surface area contributed by atoms with E-state index in [0.717, 1.165) is 0 Å². The molecule has 0 spiro atoms. The van der Waals surface area contributed by atoms with Crippen LogP contribution in [0, 0.1) is 0 Å². The molecule has 0 aliphatic carbocycles. The monoisotopic (exact) mass is 170 g/mol. The minimum Gasteiger partial charge on any atom is -0.465 e. The van der Waals surface area contributed by atoms with Crippen LogP contribution in [0.15, 0.2) is 6.33 Å². The number of nitrogens with zero attached hydrogens (tertiary/aromatic N) is 3. The summed E-state index contributed by atoms with van der Waals surface area (Å²) in [5.41, 5.74) is 5.37. The Balaban J connectivity index is 2.52. The molecule has 0 aliphatic heterocycles. The van der Waals surface area contributed by atoms with Crippen LogP contribution in [0.1, 0.15) is 6.92 Å². The van der Waals surface area contributed by atoms with E-state index in [4.69, 9.17) is 10.5 Å². The van der Waals surface area contributed by atoms with Crippen LogP contribution in [-0.4, -0.2) is 27.3 Å². The highest BCUT2D eigenvalue weighted by molar-refractivity contribution is 5.69. The fourth-order valence-electron chi connectivity index (χ4n) is 0.731. The van der Waals surface area contributed by atoms with Gasteiger partial charge in [-0.1, -0.05) is 0 Å². The zero-order valence-electron chi connectivity index (χ0n) is 6.73. The van der Waals surface area contributed by atoms with Gasteiger partial charge in [-0.2, -0.15) is 0 Å². The third-order valence-corrected chi connectivity index (χ3v) is 1.25. The highest BCUT2D eigenvalue weighted by Crippen LogP contribution is 1.95. The SMILES string of the molecule is CCOC(=O)Cn1cnnc1N. The molecule has 6 nitrogen and oxygen atoms in total. The van der Waals surface area contributed by atoms with Gasteiger partial charge in [0.15, 0.2) is 0 Å². The zero-order valence-corrected chi connectivity index (χ0v) is 6.73. The van der Waals surface area contributed by atoms with Crippen LogP contribution in [0.4, 0.5) is 5.95 Å². The van der Waals surface area contributed by atoms with Crippen LogP contribution in [0.5, 0.6) is 0 Å². The van der Waals surface area contributed by atoms with E-state index in [-0.39, 0.29) is 18.5 Å². The van der Waals surface area contributed by atoms with Crippen LogP contribution in [0.3, 0.4) is 0 Å². The molecule has 0 unspecified atom stereocenters. The van der Waals surface area contributed by atoms with Crippen LogP contribution >= 0.6 is 0 Å². The molecule has 1 heterocycles. The van der Waals surface area contributed by atoms with Gasteiger partial charge in [-0.25, -0.2) is 0 Å². The van der Waals surface area contributed by atoms with Crippen molar-refractivity contribution in [3.63, 3.8) is 0 Å². The number of rotatable bonds is 3. The molecular weight excluding hydrogens is 160 g/mol. The lowest BCUT2D eigenvalue weighted by Gasteiger charge is -2.02. The molecule has 0 saturated heterocycles. The molecule has 0 radical (unpaired) electrons. The normalized spacial score (nSPS) is 9.75. The topological polar surface area (TPSA) is 83.0 Å². The number of aromatic nitrogens is 3. The molecule has 12 heavy (non-hydrogen) atoms. The minimum atomic E-state index is -0.344. The van der Waals surface area contributed by atoms with Crippen LogP contribution in [0.25, 0.3) is 0 Å². The second-order valence-corrected chi connectivity index (χ2v) is 2.12. The first-order chi connectivity index (χ1) is 5.74. The number of hydrogen-bond acceptors (Lipinski definition) is 5. The molecule has 1 aromatic rings. The number of nitrogen functional groups attached to an aromatic ring is 1. The highest BCUT2D eigenvalue weighted by Gasteiger charge is 2.05. The maximum absolute atomic E-state index is 10.9. The third-order valence-electron chi connectivity index (χ3n) is 1.25. The first-order valence-corrected chi connectivity index (χ1v) is 3.53. The summed E-state index contributed by atoms with van der Waals surface area (Å²) >= 11 is 0. The van der Waals surface area contributed by atoms with Crippen molar-refractivity contribution in [3.05, 3.63) is 6.33 Å². The molecule has 0 bridgehead atoms. The molecule has 2 N–H and O–H groups in total. The summed E-state index contributed by atoms with van der Waals surface area (Å²) in [4.78, 5) is 10.9. The minimum absolute atomic E-state index is 0.0622. The predicted molar refractivity (Wildman–Crippen MR) is 41.1 cm³/mol. The van der Waals surface area contributed by atoms with E-state index in [0.29, 0.717) is 6.61 Å². The van der Waals surface area contributed by atoms with Gasteiger partial charge in [0.1, 0.15) is 12.9 Å². The van der Waals surface area contributed by atoms with Gasteiger partial charge in [-0.05, 0) is 6.92 Å². The fraction of sp³-hybridized carbons (Fsp3) is 0.500. The molecule has 6 heteroatoms. The van der Waals surface area contributed by atoms with Gasteiger partial charge in [-0.3, -0.25) is 9.36 Å². The number of carbonyl (C=O) groups excluding carboxylic acids is 1. The molecular formula is C6H10N4O2. The molecule has 0 aromatic carbocycles.